The molecule has 1 aliphatic heterocycles. The molecule has 0 unspecified atom stereocenters. The van der Waals surface area contributed by atoms with Gasteiger partial charge < -0.3 is 14.7 Å². The highest BCUT2D eigenvalue weighted by atomic mass is 32.1. The maximum atomic E-state index is 12.9. The van der Waals surface area contributed by atoms with E-state index in [1.54, 1.807) is 10.3 Å². The largest absolute Gasteiger partial charge is 0.481 e. The summed E-state index contributed by atoms with van der Waals surface area (Å²) in [4.78, 5) is 29.9. The fraction of sp³-hybridized carbons (Fsp3) is 0.421. The van der Waals surface area contributed by atoms with Gasteiger partial charge in [-0.2, -0.15) is 0 Å². The van der Waals surface area contributed by atoms with E-state index in [2.05, 4.69) is 4.98 Å². The molecule has 138 valence electrons. The molecular weight excluding hydrogens is 352 g/mol. The molecule has 0 aliphatic carbocycles. The summed E-state index contributed by atoms with van der Waals surface area (Å²) in [6.45, 7) is 3.27. The number of rotatable bonds is 7. The molecule has 0 radical (unpaired) electrons. The van der Waals surface area contributed by atoms with Crippen LogP contribution in [0, 0.1) is 6.92 Å². The molecule has 1 aromatic carbocycles. The molecule has 1 amide bonds. The molecule has 6 nitrogen and oxygen atoms in total. The van der Waals surface area contributed by atoms with E-state index < -0.39 is 5.97 Å². The number of aryl methyl sites for hydroxylation is 1. The van der Waals surface area contributed by atoms with Gasteiger partial charge in [-0.1, -0.05) is 24.3 Å². The van der Waals surface area contributed by atoms with E-state index in [-0.39, 0.29) is 25.0 Å². The van der Waals surface area contributed by atoms with Crippen molar-refractivity contribution in [2.24, 2.45) is 0 Å². The maximum absolute atomic E-state index is 12.9. The van der Waals surface area contributed by atoms with Crippen molar-refractivity contribution in [2.45, 2.75) is 32.3 Å². The second-order valence-electron chi connectivity index (χ2n) is 6.38. The number of aliphatic carboxylic acids is 1. The molecule has 2 aromatic rings. The van der Waals surface area contributed by atoms with Gasteiger partial charge in [-0.15, -0.1) is 11.3 Å². The van der Waals surface area contributed by atoms with Gasteiger partial charge in [0.25, 0.3) is 5.91 Å². The standard InChI is InChI=1S/C19H22N2O4S/c1-13-5-2-3-7-15(13)18-20-16(12-26-18)19(24)21(9-8-17(22)23)11-14-6-4-10-25-14/h2-3,5,7,12,14H,4,6,8-11H2,1H3,(H,22,23)/t14-/m0/s1. The molecule has 3 rings (SSSR count). The maximum Gasteiger partial charge on any atom is 0.305 e. The molecule has 0 spiro atoms. The van der Waals surface area contributed by atoms with Crippen LogP contribution in [0.1, 0.15) is 35.3 Å². The smallest absolute Gasteiger partial charge is 0.305 e. The zero-order valence-electron chi connectivity index (χ0n) is 14.7. The Hall–Kier alpha value is -2.25. The first-order valence-corrected chi connectivity index (χ1v) is 9.57. The minimum absolute atomic E-state index is 0.0257. The van der Waals surface area contributed by atoms with E-state index in [1.807, 2.05) is 31.2 Å². The second-order valence-corrected chi connectivity index (χ2v) is 7.24. The number of nitrogens with zero attached hydrogens (tertiary/aromatic N) is 2. The van der Waals surface area contributed by atoms with Gasteiger partial charge in [0.1, 0.15) is 10.7 Å². The summed E-state index contributed by atoms with van der Waals surface area (Å²) in [6, 6.07) is 7.90. The van der Waals surface area contributed by atoms with Crippen molar-refractivity contribution in [3.8, 4) is 10.6 Å². The number of thiazole rings is 1. The van der Waals surface area contributed by atoms with Gasteiger partial charge in [-0.25, -0.2) is 4.98 Å². The minimum atomic E-state index is -0.922. The Morgan fingerprint density at radius 3 is 2.88 bits per heavy atom. The van der Waals surface area contributed by atoms with Gasteiger partial charge >= 0.3 is 5.97 Å². The fourth-order valence-corrected chi connectivity index (χ4v) is 3.89. The number of carboxylic acids is 1. The first kappa shape index (κ1) is 18.5. The number of carbonyl (C=O) groups excluding carboxylic acids is 1. The van der Waals surface area contributed by atoms with E-state index in [9.17, 15) is 9.59 Å². The van der Waals surface area contributed by atoms with E-state index >= 15 is 0 Å². The lowest BCUT2D eigenvalue weighted by Gasteiger charge is -2.24. The summed E-state index contributed by atoms with van der Waals surface area (Å²) in [6.07, 6.45) is 1.75. The van der Waals surface area contributed by atoms with Crippen molar-refractivity contribution in [1.29, 1.82) is 0 Å². The summed E-state index contributed by atoms with van der Waals surface area (Å²) in [5.74, 6) is -1.16. The molecular formula is C19H22N2O4S. The van der Waals surface area contributed by atoms with Crippen LogP contribution in [0.4, 0.5) is 0 Å². The molecule has 1 aromatic heterocycles. The van der Waals surface area contributed by atoms with Crippen molar-refractivity contribution >= 4 is 23.2 Å². The van der Waals surface area contributed by atoms with Gasteiger partial charge in [0, 0.05) is 30.6 Å². The number of carboxylic acid groups (broad SMARTS) is 1. The first-order chi connectivity index (χ1) is 12.5. The molecule has 1 fully saturated rings. The third kappa shape index (κ3) is 4.47. The summed E-state index contributed by atoms with van der Waals surface area (Å²) in [5, 5.41) is 11.5. The second kappa shape index (κ2) is 8.42. The van der Waals surface area contributed by atoms with Crippen molar-refractivity contribution in [3.05, 3.63) is 40.9 Å². The van der Waals surface area contributed by atoms with E-state index in [4.69, 9.17) is 9.84 Å². The Balaban J connectivity index is 1.77. The lowest BCUT2D eigenvalue weighted by molar-refractivity contribution is -0.137. The van der Waals surface area contributed by atoms with E-state index in [1.165, 1.54) is 11.3 Å². The van der Waals surface area contributed by atoms with Crippen LogP contribution >= 0.6 is 11.3 Å². The summed E-state index contributed by atoms with van der Waals surface area (Å²) < 4.78 is 5.61. The molecule has 2 heterocycles. The third-order valence-electron chi connectivity index (χ3n) is 4.43. The zero-order valence-corrected chi connectivity index (χ0v) is 15.5. The van der Waals surface area contributed by atoms with Gasteiger partial charge in [0.15, 0.2) is 0 Å². The number of aromatic nitrogens is 1. The molecule has 26 heavy (non-hydrogen) atoms. The zero-order chi connectivity index (χ0) is 18.5. The van der Waals surface area contributed by atoms with E-state index in [0.717, 1.165) is 29.0 Å². The predicted octanol–water partition coefficient (Wildman–Crippen LogP) is 3.21. The Kier molecular flexibility index (Phi) is 6.00. The number of hydrogen-bond donors (Lipinski definition) is 1. The Bertz CT molecular complexity index is 783. The number of benzene rings is 1. The van der Waals surface area contributed by atoms with Crippen molar-refractivity contribution in [3.63, 3.8) is 0 Å². The van der Waals surface area contributed by atoms with Gasteiger partial charge in [0.05, 0.1) is 12.5 Å². The third-order valence-corrected chi connectivity index (χ3v) is 5.31. The Morgan fingerprint density at radius 2 is 2.19 bits per heavy atom. The minimum Gasteiger partial charge on any atom is -0.481 e. The van der Waals surface area contributed by atoms with E-state index in [0.29, 0.717) is 18.8 Å². The normalized spacial score (nSPS) is 16.6. The Morgan fingerprint density at radius 1 is 1.38 bits per heavy atom. The molecule has 1 saturated heterocycles. The van der Waals surface area contributed by atoms with Crippen LogP contribution in [0.3, 0.4) is 0 Å². The predicted molar refractivity (Wildman–Crippen MR) is 99.4 cm³/mol. The van der Waals surface area contributed by atoms with Crippen LogP contribution in [0.2, 0.25) is 0 Å². The SMILES string of the molecule is Cc1ccccc1-c1nc(C(=O)N(CCC(=O)O)C[C@@H]2CCCO2)cs1. The van der Waals surface area contributed by atoms with Crippen LogP contribution in [0.25, 0.3) is 10.6 Å². The highest BCUT2D eigenvalue weighted by molar-refractivity contribution is 7.13. The fourth-order valence-electron chi connectivity index (χ4n) is 3.01. The number of hydrogen-bond acceptors (Lipinski definition) is 5. The molecule has 1 atom stereocenters. The molecule has 1 N–H and O–H groups in total. The average molecular weight is 374 g/mol. The quantitative estimate of drug-likeness (QED) is 0.805. The van der Waals surface area contributed by atoms with Gasteiger partial charge in [0.2, 0.25) is 0 Å². The summed E-state index contributed by atoms with van der Waals surface area (Å²) in [7, 11) is 0. The molecule has 7 heteroatoms. The molecule has 0 saturated carbocycles. The van der Waals surface area contributed by atoms with Crippen LogP contribution in [-0.2, 0) is 9.53 Å². The van der Waals surface area contributed by atoms with Crippen LogP contribution in [0.5, 0.6) is 0 Å². The van der Waals surface area contributed by atoms with Crippen LogP contribution in [0.15, 0.2) is 29.6 Å². The lowest BCUT2D eigenvalue weighted by Crippen LogP contribution is -2.39. The number of ether oxygens (including phenoxy) is 1. The van der Waals surface area contributed by atoms with Crippen molar-refractivity contribution < 1.29 is 19.4 Å². The summed E-state index contributed by atoms with van der Waals surface area (Å²) >= 11 is 1.42. The lowest BCUT2D eigenvalue weighted by atomic mass is 10.1. The van der Waals surface area contributed by atoms with Crippen LogP contribution in [-0.4, -0.2) is 52.7 Å². The molecule has 1 aliphatic rings. The molecule has 0 bridgehead atoms. The highest BCUT2D eigenvalue weighted by Crippen LogP contribution is 2.27. The highest BCUT2D eigenvalue weighted by Gasteiger charge is 2.25. The average Bonchev–Trinajstić information content (AvgIpc) is 3.30. The van der Waals surface area contributed by atoms with Gasteiger partial charge in [-0.3, -0.25) is 9.59 Å². The monoisotopic (exact) mass is 374 g/mol. The number of carbonyl (C=O) groups is 2. The van der Waals surface area contributed by atoms with Gasteiger partial charge in [-0.05, 0) is 25.3 Å². The Labute approximate surface area is 156 Å². The van der Waals surface area contributed by atoms with Crippen molar-refractivity contribution in [1.82, 2.24) is 9.88 Å². The topological polar surface area (TPSA) is 79.7 Å². The number of amides is 1. The van der Waals surface area contributed by atoms with Crippen LogP contribution < -0.4 is 0 Å². The summed E-state index contributed by atoms with van der Waals surface area (Å²) in [5.41, 5.74) is 2.47. The first-order valence-electron chi connectivity index (χ1n) is 8.69. The van der Waals surface area contributed by atoms with Crippen molar-refractivity contribution in [2.75, 3.05) is 19.7 Å².